The summed E-state index contributed by atoms with van der Waals surface area (Å²) in [7, 11) is 0. The van der Waals surface area contributed by atoms with Gasteiger partial charge in [0.15, 0.2) is 0 Å². The van der Waals surface area contributed by atoms with Crippen LogP contribution in [0.4, 0.5) is 4.39 Å². The smallest absolute Gasteiger partial charge is 0.123 e. The molecule has 4 rings (SSSR count). The Labute approximate surface area is 96.1 Å². The van der Waals surface area contributed by atoms with Gasteiger partial charge < -0.3 is 5.32 Å². The molecule has 0 spiro atoms. The molecule has 3 fully saturated rings. The zero-order valence-corrected chi connectivity index (χ0v) is 9.45. The molecule has 3 atom stereocenters. The minimum Gasteiger partial charge on any atom is -0.313 e. The lowest BCUT2D eigenvalue weighted by Gasteiger charge is -2.43. The van der Waals surface area contributed by atoms with Crippen molar-refractivity contribution in [2.24, 2.45) is 11.8 Å². The second kappa shape index (κ2) is 4.17. The number of hydrogen-bond acceptors (Lipinski definition) is 1. The number of hydrogen-bond donors (Lipinski definition) is 1. The maximum Gasteiger partial charge on any atom is 0.123 e. The molecule has 2 heteroatoms. The summed E-state index contributed by atoms with van der Waals surface area (Å²) in [4.78, 5) is 0. The fourth-order valence-electron chi connectivity index (χ4n) is 3.28. The summed E-state index contributed by atoms with van der Waals surface area (Å²) in [6.45, 7) is 1.21. The molecule has 0 unspecified atom stereocenters. The predicted octanol–water partition coefficient (Wildman–Crippen LogP) is 2.76. The molecular formula is C14H18FN. The van der Waals surface area contributed by atoms with Gasteiger partial charge in [0.1, 0.15) is 5.82 Å². The first kappa shape index (κ1) is 10.3. The first-order valence-corrected chi connectivity index (χ1v) is 6.29. The van der Waals surface area contributed by atoms with E-state index in [1.54, 1.807) is 12.1 Å². The Kier molecular flexibility index (Phi) is 2.68. The molecule has 1 aromatic carbocycles. The molecule has 0 aromatic heterocycles. The molecule has 1 N–H and O–H groups in total. The monoisotopic (exact) mass is 219 g/mol. The first-order chi connectivity index (χ1) is 7.81. The molecule has 2 saturated heterocycles. The normalized spacial score (nSPS) is 32.9. The van der Waals surface area contributed by atoms with Crippen molar-refractivity contribution in [3.8, 4) is 0 Å². The largest absolute Gasteiger partial charge is 0.313 e. The molecule has 1 aromatic rings. The SMILES string of the molecule is Fc1ccc(C[C@H]2C[C@@H]3CC[C@H]2NC3)cc1. The molecule has 2 bridgehead atoms. The van der Waals surface area contributed by atoms with Crippen LogP contribution in [-0.4, -0.2) is 12.6 Å². The highest BCUT2D eigenvalue weighted by Crippen LogP contribution is 2.35. The highest BCUT2D eigenvalue weighted by Gasteiger charge is 2.34. The fourth-order valence-corrected chi connectivity index (χ4v) is 3.28. The van der Waals surface area contributed by atoms with E-state index in [1.165, 1.54) is 31.4 Å². The Hall–Kier alpha value is -0.890. The third kappa shape index (κ3) is 1.99. The number of piperidine rings is 2. The molecule has 1 aliphatic carbocycles. The van der Waals surface area contributed by atoms with Gasteiger partial charge in [0.25, 0.3) is 0 Å². The molecule has 3 aliphatic rings. The summed E-state index contributed by atoms with van der Waals surface area (Å²) in [5, 5.41) is 3.63. The Balaban J connectivity index is 1.68. The summed E-state index contributed by atoms with van der Waals surface area (Å²) in [5.41, 5.74) is 1.28. The standard InChI is InChI=1S/C14H18FN/c15-13-4-1-10(2-5-13)7-12-8-11-3-6-14(12)16-9-11/h1-2,4-5,11-12,14,16H,3,6-9H2/t11-,12-,14+/m0/s1. The van der Waals surface area contributed by atoms with Crippen LogP contribution in [-0.2, 0) is 6.42 Å². The van der Waals surface area contributed by atoms with Gasteiger partial charge in [-0.1, -0.05) is 12.1 Å². The number of benzene rings is 1. The van der Waals surface area contributed by atoms with E-state index in [1.807, 2.05) is 12.1 Å². The van der Waals surface area contributed by atoms with E-state index < -0.39 is 0 Å². The maximum absolute atomic E-state index is 12.8. The number of rotatable bonds is 2. The molecule has 0 amide bonds. The van der Waals surface area contributed by atoms with Gasteiger partial charge in [0.2, 0.25) is 0 Å². The van der Waals surface area contributed by atoms with Crippen LogP contribution >= 0.6 is 0 Å². The van der Waals surface area contributed by atoms with Gasteiger partial charge in [-0.3, -0.25) is 0 Å². The van der Waals surface area contributed by atoms with Gasteiger partial charge in [-0.05, 0) is 61.8 Å². The highest BCUT2D eigenvalue weighted by molar-refractivity contribution is 5.17. The highest BCUT2D eigenvalue weighted by atomic mass is 19.1. The van der Waals surface area contributed by atoms with E-state index in [0.717, 1.165) is 18.3 Å². The predicted molar refractivity (Wildman–Crippen MR) is 62.7 cm³/mol. The molecule has 2 aliphatic heterocycles. The van der Waals surface area contributed by atoms with Crippen molar-refractivity contribution in [1.82, 2.24) is 5.32 Å². The van der Waals surface area contributed by atoms with Crippen LogP contribution in [0.1, 0.15) is 24.8 Å². The Morgan fingerprint density at radius 3 is 2.56 bits per heavy atom. The number of nitrogens with one attached hydrogen (secondary N) is 1. The lowest BCUT2D eigenvalue weighted by atomic mass is 9.72. The molecule has 2 heterocycles. The van der Waals surface area contributed by atoms with Crippen molar-refractivity contribution < 1.29 is 4.39 Å². The Morgan fingerprint density at radius 1 is 1.19 bits per heavy atom. The first-order valence-electron chi connectivity index (χ1n) is 6.29. The van der Waals surface area contributed by atoms with E-state index in [9.17, 15) is 4.39 Å². The number of halogens is 1. The summed E-state index contributed by atoms with van der Waals surface area (Å²) in [6, 6.07) is 7.71. The van der Waals surface area contributed by atoms with Gasteiger partial charge in [-0.25, -0.2) is 4.39 Å². The van der Waals surface area contributed by atoms with Crippen molar-refractivity contribution in [1.29, 1.82) is 0 Å². The summed E-state index contributed by atoms with van der Waals surface area (Å²) < 4.78 is 12.8. The van der Waals surface area contributed by atoms with Crippen molar-refractivity contribution in [3.63, 3.8) is 0 Å². The molecule has 1 saturated carbocycles. The zero-order chi connectivity index (χ0) is 11.0. The van der Waals surface area contributed by atoms with Crippen LogP contribution < -0.4 is 5.32 Å². The average molecular weight is 219 g/mol. The van der Waals surface area contributed by atoms with Crippen molar-refractivity contribution in [2.45, 2.75) is 31.7 Å². The van der Waals surface area contributed by atoms with Crippen LogP contribution in [0.3, 0.4) is 0 Å². The van der Waals surface area contributed by atoms with Gasteiger partial charge in [-0.2, -0.15) is 0 Å². The third-order valence-corrected chi connectivity index (χ3v) is 4.17. The van der Waals surface area contributed by atoms with Gasteiger partial charge >= 0.3 is 0 Å². The molecular weight excluding hydrogens is 201 g/mol. The maximum atomic E-state index is 12.8. The Bertz CT molecular complexity index is 352. The van der Waals surface area contributed by atoms with E-state index in [4.69, 9.17) is 0 Å². The molecule has 1 nitrogen and oxygen atoms in total. The average Bonchev–Trinajstić information content (AvgIpc) is 2.34. The summed E-state index contributed by atoms with van der Waals surface area (Å²) >= 11 is 0. The third-order valence-electron chi connectivity index (χ3n) is 4.17. The molecule has 86 valence electrons. The van der Waals surface area contributed by atoms with Crippen LogP contribution in [0.2, 0.25) is 0 Å². The Morgan fingerprint density at radius 2 is 2.00 bits per heavy atom. The second-order valence-electron chi connectivity index (χ2n) is 5.28. The molecule has 16 heavy (non-hydrogen) atoms. The van der Waals surface area contributed by atoms with Crippen LogP contribution in [0, 0.1) is 17.7 Å². The summed E-state index contributed by atoms with van der Waals surface area (Å²) in [6.07, 6.45) is 5.19. The van der Waals surface area contributed by atoms with Crippen molar-refractivity contribution in [3.05, 3.63) is 35.6 Å². The van der Waals surface area contributed by atoms with Crippen LogP contribution in [0.25, 0.3) is 0 Å². The lowest BCUT2D eigenvalue weighted by molar-refractivity contribution is 0.137. The minimum atomic E-state index is -0.132. The van der Waals surface area contributed by atoms with E-state index in [2.05, 4.69) is 5.32 Å². The lowest BCUT2D eigenvalue weighted by Crippen LogP contribution is -2.50. The van der Waals surface area contributed by atoms with Crippen molar-refractivity contribution >= 4 is 0 Å². The summed E-state index contributed by atoms with van der Waals surface area (Å²) in [5.74, 6) is 1.51. The fraction of sp³-hybridized carbons (Fsp3) is 0.571. The van der Waals surface area contributed by atoms with Crippen LogP contribution in [0.5, 0.6) is 0 Å². The van der Waals surface area contributed by atoms with Gasteiger partial charge in [0.05, 0.1) is 0 Å². The van der Waals surface area contributed by atoms with Crippen LogP contribution in [0.15, 0.2) is 24.3 Å². The van der Waals surface area contributed by atoms with E-state index in [-0.39, 0.29) is 5.82 Å². The van der Waals surface area contributed by atoms with Crippen molar-refractivity contribution in [2.75, 3.05) is 6.54 Å². The quantitative estimate of drug-likeness (QED) is 0.806. The van der Waals surface area contributed by atoms with Gasteiger partial charge in [-0.15, -0.1) is 0 Å². The topological polar surface area (TPSA) is 12.0 Å². The van der Waals surface area contributed by atoms with Gasteiger partial charge in [0, 0.05) is 6.04 Å². The minimum absolute atomic E-state index is 0.132. The molecule has 0 radical (unpaired) electrons. The zero-order valence-electron chi connectivity index (χ0n) is 9.45. The van der Waals surface area contributed by atoms with E-state index in [0.29, 0.717) is 6.04 Å². The number of fused-ring (bicyclic) bond motifs is 3. The van der Waals surface area contributed by atoms with E-state index >= 15 is 0 Å². The second-order valence-corrected chi connectivity index (χ2v) is 5.28.